The van der Waals surface area contributed by atoms with Gasteiger partial charge in [-0.1, -0.05) is 72.8 Å². The summed E-state index contributed by atoms with van der Waals surface area (Å²) < 4.78 is 0. The number of ketones is 2. The minimum Gasteiger partial charge on any atom is -0.293 e. The first-order valence-corrected chi connectivity index (χ1v) is 11.8. The third-order valence-corrected chi connectivity index (χ3v) is 7.82. The molecule has 2 heterocycles. The maximum absolute atomic E-state index is 13.6. The zero-order chi connectivity index (χ0) is 20.5. The first-order valence-electron chi connectivity index (χ1n) is 10.0. The number of hydrogen-bond donors (Lipinski definition) is 0. The van der Waals surface area contributed by atoms with E-state index in [0.717, 1.165) is 20.9 Å². The van der Waals surface area contributed by atoms with E-state index in [4.69, 9.17) is 0 Å². The molecule has 4 unspecified atom stereocenters. The number of benzene rings is 2. The summed E-state index contributed by atoms with van der Waals surface area (Å²) in [5.74, 6) is -0.576. The van der Waals surface area contributed by atoms with Gasteiger partial charge in [0.1, 0.15) is 0 Å². The highest BCUT2D eigenvalue weighted by Gasteiger charge is 2.58. The Hall–Kier alpha value is -2.82. The van der Waals surface area contributed by atoms with Gasteiger partial charge in [-0.15, -0.1) is 22.7 Å². The zero-order valence-corrected chi connectivity index (χ0v) is 17.8. The highest BCUT2D eigenvalue weighted by molar-refractivity contribution is 7.12. The first kappa shape index (κ1) is 19.2. The summed E-state index contributed by atoms with van der Waals surface area (Å²) in [6, 6.07) is 27.9. The van der Waals surface area contributed by atoms with Crippen molar-refractivity contribution in [2.75, 3.05) is 0 Å². The smallest absolute Gasteiger partial charge is 0.177 e. The van der Waals surface area contributed by atoms with Gasteiger partial charge in [0, 0.05) is 23.7 Å². The van der Waals surface area contributed by atoms with Crippen LogP contribution in [0.4, 0.5) is 0 Å². The van der Waals surface area contributed by atoms with E-state index in [1.165, 1.54) is 22.7 Å². The van der Waals surface area contributed by atoms with Crippen molar-refractivity contribution < 1.29 is 9.59 Å². The second-order valence-corrected chi connectivity index (χ2v) is 9.50. The zero-order valence-electron chi connectivity index (χ0n) is 16.2. The van der Waals surface area contributed by atoms with Crippen molar-refractivity contribution in [2.24, 2.45) is 11.8 Å². The predicted molar refractivity (Wildman–Crippen MR) is 123 cm³/mol. The lowest BCUT2D eigenvalue weighted by molar-refractivity contribution is 0.0461. The molecular formula is C26H20O2S2. The maximum atomic E-state index is 13.6. The third kappa shape index (κ3) is 3.26. The molecular weight excluding hydrogens is 408 g/mol. The number of thiophene rings is 2. The highest BCUT2D eigenvalue weighted by Crippen LogP contribution is 2.59. The van der Waals surface area contributed by atoms with Crippen LogP contribution in [0.2, 0.25) is 0 Å². The summed E-state index contributed by atoms with van der Waals surface area (Å²) in [5, 5.41) is 3.85. The third-order valence-electron chi connectivity index (χ3n) is 6.05. The van der Waals surface area contributed by atoms with Crippen molar-refractivity contribution in [3.8, 4) is 0 Å². The first-order chi connectivity index (χ1) is 14.8. The molecule has 2 nitrogen and oxygen atoms in total. The summed E-state index contributed by atoms with van der Waals surface area (Å²) in [4.78, 5) is 28.7. The Bertz CT molecular complexity index is 1040. The Morgan fingerprint density at radius 2 is 0.933 bits per heavy atom. The Balaban J connectivity index is 1.64. The lowest BCUT2D eigenvalue weighted by atomic mass is 9.50. The van der Waals surface area contributed by atoms with Crippen molar-refractivity contribution in [2.45, 2.75) is 11.8 Å². The number of hydrogen-bond acceptors (Lipinski definition) is 4. The SMILES string of the molecule is O=C(c1cccs1)C1C(C(=O)c2cccs2)C(c2ccccc2)C1c1ccccc1. The monoisotopic (exact) mass is 428 g/mol. The molecule has 1 saturated carbocycles. The van der Waals surface area contributed by atoms with Gasteiger partial charge in [-0.2, -0.15) is 0 Å². The summed E-state index contributed by atoms with van der Waals surface area (Å²) in [7, 11) is 0. The highest BCUT2D eigenvalue weighted by atomic mass is 32.1. The van der Waals surface area contributed by atoms with E-state index < -0.39 is 0 Å². The van der Waals surface area contributed by atoms with Gasteiger partial charge in [-0.25, -0.2) is 0 Å². The number of rotatable bonds is 6. The van der Waals surface area contributed by atoms with Crippen molar-refractivity contribution in [1.82, 2.24) is 0 Å². The summed E-state index contributed by atoms with van der Waals surface area (Å²) in [6.07, 6.45) is 0. The van der Waals surface area contributed by atoms with Gasteiger partial charge in [0.15, 0.2) is 11.6 Å². The van der Waals surface area contributed by atoms with Crippen molar-refractivity contribution in [3.05, 3.63) is 117 Å². The molecule has 5 rings (SSSR count). The van der Waals surface area contributed by atoms with Gasteiger partial charge in [-0.3, -0.25) is 9.59 Å². The molecule has 1 aliphatic carbocycles. The van der Waals surface area contributed by atoms with Crippen LogP contribution in [0, 0.1) is 11.8 Å². The molecule has 0 radical (unpaired) electrons. The fourth-order valence-electron chi connectivity index (χ4n) is 4.75. The molecule has 2 aromatic carbocycles. The molecule has 1 fully saturated rings. The quantitative estimate of drug-likeness (QED) is 0.321. The van der Waals surface area contributed by atoms with E-state index in [2.05, 4.69) is 24.3 Å². The largest absolute Gasteiger partial charge is 0.293 e. The van der Waals surface area contributed by atoms with Crippen molar-refractivity contribution >= 4 is 34.2 Å². The number of Topliss-reactive ketones (excluding diaryl/α,β-unsaturated/α-hetero) is 2. The van der Waals surface area contributed by atoms with Gasteiger partial charge >= 0.3 is 0 Å². The van der Waals surface area contributed by atoms with Crippen LogP contribution < -0.4 is 0 Å². The molecule has 0 saturated heterocycles. The maximum Gasteiger partial charge on any atom is 0.177 e. The van der Waals surface area contributed by atoms with Gasteiger partial charge in [0.25, 0.3) is 0 Å². The minimum absolute atomic E-state index is 0.0166. The molecule has 148 valence electrons. The summed E-state index contributed by atoms with van der Waals surface area (Å²) in [6.45, 7) is 0. The van der Waals surface area contributed by atoms with Gasteiger partial charge in [0.05, 0.1) is 9.75 Å². The average molecular weight is 429 g/mol. The molecule has 4 heteroatoms. The van der Waals surface area contributed by atoms with Gasteiger partial charge in [-0.05, 0) is 34.0 Å². The molecule has 0 bridgehead atoms. The predicted octanol–water partition coefficient (Wildman–Crippen LogP) is 6.69. The van der Waals surface area contributed by atoms with E-state index in [-0.39, 0.29) is 35.2 Å². The van der Waals surface area contributed by atoms with Crippen LogP contribution in [0.25, 0.3) is 0 Å². The molecule has 0 aliphatic heterocycles. The van der Waals surface area contributed by atoms with E-state index in [0.29, 0.717) is 0 Å². The van der Waals surface area contributed by atoms with E-state index in [1.54, 1.807) is 0 Å². The Morgan fingerprint density at radius 3 is 1.27 bits per heavy atom. The second kappa shape index (κ2) is 8.13. The Morgan fingerprint density at radius 1 is 0.533 bits per heavy atom. The van der Waals surface area contributed by atoms with Crippen LogP contribution >= 0.6 is 22.7 Å². The molecule has 1 aliphatic rings. The lowest BCUT2D eigenvalue weighted by Crippen LogP contribution is -2.51. The normalized spacial score (nSPS) is 22.9. The average Bonchev–Trinajstić information content (AvgIpc) is 3.49. The van der Waals surface area contributed by atoms with Crippen molar-refractivity contribution in [1.29, 1.82) is 0 Å². The van der Waals surface area contributed by atoms with Crippen LogP contribution in [-0.2, 0) is 0 Å². The summed E-state index contributed by atoms with van der Waals surface area (Å²) in [5.41, 5.74) is 2.24. The van der Waals surface area contributed by atoms with Crippen LogP contribution in [0.5, 0.6) is 0 Å². The van der Waals surface area contributed by atoms with Gasteiger partial charge < -0.3 is 0 Å². The fourth-order valence-corrected chi connectivity index (χ4v) is 6.17. The van der Waals surface area contributed by atoms with E-state index >= 15 is 0 Å². The van der Waals surface area contributed by atoms with Gasteiger partial charge in [0.2, 0.25) is 0 Å². The lowest BCUT2D eigenvalue weighted by Gasteiger charge is -2.51. The molecule has 30 heavy (non-hydrogen) atoms. The van der Waals surface area contributed by atoms with E-state index in [9.17, 15) is 9.59 Å². The van der Waals surface area contributed by atoms with Crippen LogP contribution in [0.1, 0.15) is 42.3 Å². The van der Waals surface area contributed by atoms with Crippen LogP contribution in [0.3, 0.4) is 0 Å². The Labute approximate surface area is 183 Å². The van der Waals surface area contributed by atoms with Crippen LogP contribution in [0.15, 0.2) is 95.7 Å². The topological polar surface area (TPSA) is 34.1 Å². The summed E-state index contributed by atoms with van der Waals surface area (Å²) >= 11 is 2.91. The molecule has 4 atom stereocenters. The second-order valence-electron chi connectivity index (χ2n) is 7.61. The minimum atomic E-state index is -0.356. The van der Waals surface area contributed by atoms with Crippen LogP contribution in [-0.4, -0.2) is 11.6 Å². The molecule has 0 amide bonds. The molecule has 4 aromatic rings. The Kier molecular flexibility index (Phi) is 5.19. The number of carbonyl (C=O) groups excluding carboxylic acids is 2. The fraction of sp³-hybridized carbons (Fsp3) is 0.154. The van der Waals surface area contributed by atoms with Crippen molar-refractivity contribution in [3.63, 3.8) is 0 Å². The van der Waals surface area contributed by atoms with E-state index in [1.807, 2.05) is 71.4 Å². The molecule has 0 spiro atoms. The standard InChI is InChI=1S/C26H20O2S2/c27-25(19-13-7-15-29-19)23-21(17-9-3-1-4-10-17)22(18-11-5-2-6-12-18)24(23)26(28)20-14-8-16-30-20/h1-16,21-24H. The number of carbonyl (C=O) groups is 2. The molecule has 2 aromatic heterocycles. The molecule has 0 N–H and O–H groups in total.